The predicted molar refractivity (Wildman–Crippen MR) is 255 cm³/mol. The fourth-order valence-corrected chi connectivity index (χ4v) is 6.20. The summed E-state index contributed by atoms with van der Waals surface area (Å²) in [5.41, 5.74) is 3.92. The quantitative estimate of drug-likeness (QED) is 0.0629. The number of likely N-dealkylation sites (N-methyl/N-ethyl adjacent to an activating group) is 2. The third-order valence-corrected chi connectivity index (χ3v) is 8.89. The first-order valence-corrected chi connectivity index (χ1v) is 21.2. The summed E-state index contributed by atoms with van der Waals surface area (Å²) in [6, 6.07) is 33.2. The number of carbonyl (C=O) groups excluding carboxylic acids is 5. The largest absolute Gasteiger partial charge is 0.460 e. The lowest BCUT2D eigenvalue weighted by Gasteiger charge is -2.29. The first-order valence-electron chi connectivity index (χ1n) is 21.2. The molecule has 0 spiro atoms. The summed E-state index contributed by atoms with van der Waals surface area (Å²) < 4.78 is 21.3. The zero-order valence-corrected chi connectivity index (χ0v) is 40.5. The minimum atomic E-state index is -0.535. The van der Waals surface area contributed by atoms with Crippen molar-refractivity contribution >= 4 is 48.4 Å². The zero-order valence-electron chi connectivity index (χ0n) is 39.6. The highest BCUT2D eigenvalue weighted by Crippen LogP contribution is 2.18. The number of nitrogens with zero attached hydrogens (tertiary/aromatic N) is 1. The van der Waals surface area contributed by atoms with Gasteiger partial charge in [-0.05, 0) is 102 Å². The van der Waals surface area contributed by atoms with E-state index in [0.717, 1.165) is 28.5 Å². The molecule has 0 radical (unpaired) electrons. The second kappa shape index (κ2) is 28.3. The molecular weight excluding hydrogens is 834 g/mol. The number of halogens is 1. The van der Waals surface area contributed by atoms with Gasteiger partial charge in [0.05, 0.1) is 6.42 Å². The number of hydrogen-bond acceptors (Lipinski definition) is 11. The van der Waals surface area contributed by atoms with Crippen LogP contribution in [-0.2, 0) is 59.5 Å². The van der Waals surface area contributed by atoms with Gasteiger partial charge < -0.3 is 24.3 Å². The summed E-state index contributed by atoms with van der Waals surface area (Å²) in [5, 5.41) is 5.52. The first kappa shape index (κ1) is 56.5. The zero-order chi connectivity index (χ0) is 47.2. The number of nitrogens with one attached hydrogen (secondary N) is 2. The summed E-state index contributed by atoms with van der Waals surface area (Å²) in [6.45, 7) is 20.1. The van der Waals surface area contributed by atoms with E-state index in [9.17, 15) is 24.0 Å². The lowest BCUT2D eigenvalue weighted by Crippen LogP contribution is -2.43. The van der Waals surface area contributed by atoms with Crippen molar-refractivity contribution < 1.29 is 42.9 Å². The third-order valence-electron chi connectivity index (χ3n) is 8.89. The summed E-state index contributed by atoms with van der Waals surface area (Å²) in [6.07, 6.45) is 0.414. The highest BCUT2D eigenvalue weighted by molar-refractivity contribution is 5.87. The number of benzene rings is 4. The van der Waals surface area contributed by atoms with Crippen molar-refractivity contribution in [1.29, 1.82) is 0 Å². The summed E-state index contributed by atoms with van der Waals surface area (Å²) in [7, 11) is 3.70. The molecule has 4 aromatic carbocycles. The number of ether oxygens (including phenoxy) is 4. The molecular formula is C51H70ClN3O9. The van der Waals surface area contributed by atoms with Crippen LogP contribution in [0.1, 0.15) is 102 Å². The molecule has 0 aromatic heterocycles. The molecule has 0 aliphatic heterocycles. The van der Waals surface area contributed by atoms with Gasteiger partial charge in [0.15, 0.2) is 0 Å². The van der Waals surface area contributed by atoms with E-state index in [0.29, 0.717) is 24.4 Å². The second-order valence-corrected chi connectivity index (χ2v) is 17.8. The number of amides is 1. The molecule has 0 saturated carbocycles. The number of carbonyl (C=O) groups is 5. The van der Waals surface area contributed by atoms with Crippen LogP contribution < -0.4 is 10.6 Å². The lowest BCUT2D eigenvalue weighted by molar-refractivity contribution is -0.154. The van der Waals surface area contributed by atoms with Gasteiger partial charge in [-0.15, -0.1) is 12.4 Å². The fraction of sp³-hybridized carbons (Fsp3) is 0.431. The van der Waals surface area contributed by atoms with Gasteiger partial charge in [-0.1, -0.05) is 125 Å². The van der Waals surface area contributed by atoms with Crippen molar-refractivity contribution in [2.24, 2.45) is 11.8 Å². The van der Waals surface area contributed by atoms with Crippen molar-refractivity contribution in [3.8, 4) is 0 Å². The Morgan fingerprint density at radius 2 is 1.14 bits per heavy atom. The molecule has 0 unspecified atom stereocenters. The van der Waals surface area contributed by atoms with E-state index in [1.165, 1.54) is 0 Å². The fourth-order valence-electron chi connectivity index (χ4n) is 6.20. The molecule has 4 rings (SSSR count). The Morgan fingerprint density at radius 3 is 1.62 bits per heavy atom. The van der Waals surface area contributed by atoms with Gasteiger partial charge in [0.25, 0.3) is 0 Å². The van der Waals surface area contributed by atoms with E-state index >= 15 is 0 Å². The summed E-state index contributed by atoms with van der Waals surface area (Å²) in [4.78, 5) is 60.6. The highest BCUT2D eigenvalue weighted by Gasteiger charge is 2.28. The standard InChI is InChI=1S/C26H35NO4.C13H19NO2.C12H15NO3.ClH/c1-19(2)24(25(29)30-18-20-11-8-7-9-12-20)27(6)17-22-14-10-13-21(15-22)16-23(28)31-26(3,4)5;1-10(2)12(14-3)13(15)16-9-11-7-5-4-6-8-11;1-12(2,3)16-11(15)13-10-6-4-5-9(7-10)8-14;/h7-15,19,24H,16-18H2,1-6H3;4-8,10,12,14H,9H2,1-3H3;4-8H,1-3H3,(H,13,15);1H/t24-;12-;;/m00../s1. The molecule has 0 heterocycles. The average molecular weight is 905 g/mol. The highest BCUT2D eigenvalue weighted by atomic mass is 35.5. The van der Waals surface area contributed by atoms with Crippen LogP contribution in [0.4, 0.5) is 10.5 Å². The number of rotatable bonds is 16. The Hall–Kier alpha value is -5.56. The molecule has 12 nitrogen and oxygen atoms in total. The normalized spacial score (nSPS) is 11.9. The van der Waals surface area contributed by atoms with Crippen LogP contribution >= 0.6 is 12.4 Å². The van der Waals surface area contributed by atoms with Crippen LogP contribution in [0.2, 0.25) is 0 Å². The SMILES string of the molecule is CC(C)(C)OC(=O)Nc1cccc(C=O)c1.CC(C)[C@@H](C(=O)OCc1ccccc1)N(C)Cc1cccc(CC(=O)OC(C)(C)C)c1.CN[C@H](C(=O)OCc1ccccc1)C(C)C.Cl. The maximum atomic E-state index is 12.8. The maximum Gasteiger partial charge on any atom is 0.412 e. The van der Waals surface area contributed by atoms with Crippen LogP contribution in [0.25, 0.3) is 0 Å². The van der Waals surface area contributed by atoms with Crippen LogP contribution in [0.3, 0.4) is 0 Å². The maximum absolute atomic E-state index is 12.8. The van der Waals surface area contributed by atoms with Gasteiger partial charge in [0, 0.05) is 17.8 Å². The Balaban J connectivity index is 0.000000524. The van der Waals surface area contributed by atoms with Crippen molar-refractivity contribution in [1.82, 2.24) is 10.2 Å². The smallest absolute Gasteiger partial charge is 0.412 e. The van der Waals surface area contributed by atoms with Crippen molar-refractivity contribution in [3.05, 3.63) is 137 Å². The monoisotopic (exact) mass is 903 g/mol. The van der Waals surface area contributed by atoms with E-state index in [2.05, 4.69) is 10.6 Å². The molecule has 64 heavy (non-hydrogen) atoms. The van der Waals surface area contributed by atoms with Gasteiger partial charge in [-0.25, -0.2) is 4.79 Å². The van der Waals surface area contributed by atoms with Crippen molar-refractivity contribution in [3.63, 3.8) is 0 Å². The predicted octanol–water partition coefficient (Wildman–Crippen LogP) is 10.0. The summed E-state index contributed by atoms with van der Waals surface area (Å²) >= 11 is 0. The first-order chi connectivity index (χ1) is 29.6. The average Bonchev–Trinajstić information content (AvgIpc) is 3.19. The molecule has 0 fully saturated rings. The molecule has 4 aromatic rings. The van der Waals surface area contributed by atoms with E-state index < -0.39 is 17.3 Å². The Bertz CT molecular complexity index is 2010. The molecule has 1 amide bonds. The van der Waals surface area contributed by atoms with Crippen LogP contribution in [-0.4, -0.2) is 72.6 Å². The van der Waals surface area contributed by atoms with Crippen molar-refractivity contribution in [2.45, 2.75) is 119 Å². The molecule has 0 bridgehead atoms. The molecule has 2 atom stereocenters. The van der Waals surface area contributed by atoms with Gasteiger partial charge in [-0.2, -0.15) is 0 Å². The van der Waals surface area contributed by atoms with Gasteiger partial charge in [0.1, 0.15) is 42.8 Å². The van der Waals surface area contributed by atoms with Gasteiger partial charge in [0.2, 0.25) is 0 Å². The lowest BCUT2D eigenvalue weighted by atomic mass is 10.0. The van der Waals surface area contributed by atoms with Crippen LogP contribution in [0.5, 0.6) is 0 Å². The molecule has 350 valence electrons. The molecule has 0 saturated heterocycles. The minimum absolute atomic E-state index is 0. The van der Waals surface area contributed by atoms with E-state index in [4.69, 9.17) is 18.9 Å². The minimum Gasteiger partial charge on any atom is -0.460 e. The van der Waals surface area contributed by atoms with Crippen LogP contribution in [0, 0.1) is 11.8 Å². The van der Waals surface area contributed by atoms with E-state index in [-0.39, 0.29) is 67.3 Å². The topological polar surface area (TPSA) is 150 Å². The van der Waals surface area contributed by atoms with Gasteiger partial charge >= 0.3 is 24.0 Å². The summed E-state index contributed by atoms with van der Waals surface area (Å²) in [5.74, 6) is -0.346. The molecule has 13 heteroatoms. The second-order valence-electron chi connectivity index (χ2n) is 17.8. The molecule has 0 aliphatic carbocycles. The number of hydrogen-bond donors (Lipinski definition) is 2. The molecule has 2 N–H and O–H groups in total. The Morgan fingerprint density at radius 1 is 0.641 bits per heavy atom. The van der Waals surface area contributed by atoms with E-state index in [1.54, 1.807) is 52.1 Å². The Labute approximate surface area is 387 Å². The van der Waals surface area contributed by atoms with E-state index in [1.807, 2.05) is 145 Å². The Kier molecular flexibility index (Phi) is 24.9. The third kappa shape index (κ3) is 23.2. The number of aldehydes is 1. The number of anilines is 1. The number of esters is 3. The molecule has 0 aliphatic rings. The van der Waals surface area contributed by atoms with Crippen LogP contribution in [0.15, 0.2) is 109 Å². The van der Waals surface area contributed by atoms with Crippen molar-refractivity contribution in [2.75, 3.05) is 19.4 Å². The van der Waals surface area contributed by atoms with Gasteiger partial charge in [-0.3, -0.25) is 29.4 Å².